The van der Waals surface area contributed by atoms with E-state index in [2.05, 4.69) is 31.4 Å². The average Bonchev–Trinajstić information content (AvgIpc) is 3.31. The van der Waals surface area contributed by atoms with E-state index in [0.29, 0.717) is 17.5 Å². The van der Waals surface area contributed by atoms with Crippen LogP contribution >= 0.6 is 0 Å². The maximum atomic E-state index is 12.5. The maximum absolute atomic E-state index is 12.5. The molecule has 3 atom stereocenters. The van der Waals surface area contributed by atoms with Gasteiger partial charge in [0, 0.05) is 12.1 Å². The lowest BCUT2D eigenvalue weighted by molar-refractivity contribution is 0.123. The second-order valence-electron chi connectivity index (χ2n) is 8.98. The Morgan fingerprint density at radius 2 is 1.67 bits per heavy atom. The number of fused-ring (bicyclic) bond motifs is 2. The van der Waals surface area contributed by atoms with Crippen molar-refractivity contribution in [3.8, 4) is 0 Å². The van der Waals surface area contributed by atoms with Gasteiger partial charge in [0.1, 0.15) is 0 Å². The maximum Gasteiger partial charge on any atom is 0.315 e. The second-order valence-corrected chi connectivity index (χ2v) is 8.98. The highest BCUT2D eigenvalue weighted by Gasteiger charge is 2.61. The monoisotopic (exact) mass is 290 g/mol. The fourth-order valence-corrected chi connectivity index (χ4v) is 5.30. The first-order valence-electron chi connectivity index (χ1n) is 8.99. The normalized spacial score (nSPS) is 40.6. The summed E-state index contributed by atoms with van der Waals surface area (Å²) in [6.45, 7) is 7.20. The molecular formula is C18H30N2O. The first-order chi connectivity index (χ1) is 9.92. The molecule has 21 heavy (non-hydrogen) atoms. The van der Waals surface area contributed by atoms with Gasteiger partial charge in [0.2, 0.25) is 0 Å². The molecule has 0 saturated heterocycles. The van der Waals surface area contributed by atoms with E-state index in [0.717, 1.165) is 17.8 Å². The van der Waals surface area contributed by atoms with Crippen LogP contribution in [-0.4, -0.2) is 18.1 Å². The Kier molecular flexibility index (Phi) is 2.91. The molecule has 3 nitrogen and oxygen atoms in total. The molecule has 4 aliphatic rings. The van der Waals surface area contributed by atoms with Gasteiger partial charge in [-0.1, -0.05) is 20.8 Å². The van der Waals surface area contributed by atoms with Crippen LogP contribution in [-0.2, 0) is 0 Å². The van der Waals surface area contributed by atoms with E-state index in [4.69, 9.17) is 0 Å². The molecule has 2 N–H and O–H groups in total. The van der Waals surface area contributed by atoms with Crippen molar-refractivity contribution >= 4 is 6.03 Å². The molecular weight excluding hydrogens is 260 g/mol. The number of hydrogen-bond donors (Lipinski definition) is 2. The molecule has 0 aromatic heterocycles. The molecule has 4 aliphatic carbocycles. The van der Waals surface area contributed by atoms with Crippen molar-refractivity contribution in [1.82, 2.24) is 10.6 Å². The zero-order valence-corrected chi connectivity index (χ0v) is 13.7. The van der Waals surface area contributed by atoms with Crippen LogP contribution in [0.3, 0.4) is 0 Å². The van der Waals surface area contributed by atoms with Crippen molar-refractivity contribution in [2.45, 2.75) is 77.8 Å². The van der Waals surface area contributed by atoms with Crippen molar-refractivity contribution in [1.29, 1.82) is 0 Å². The van der Waals surface area contributed by atoms with Crippen molar-refractivity contribution in [3.63, 3.8) is 0 Å². The van der Waals surface area contributed by atoms with Crippen LogP contribution in [0, 0.1) is 28.6 Å². The van der Waals surface area contributed by atoms with E-state index in [1.165, 1.54) is 44.9 Å². The number of amides is 2. The van der Waals surface area contributed by atoms with Crippen LogP contribution in [0.15, 0.2) is 0 Å². The SMILES string of the molecule is CC1(C)C2CCC1(C)C(NC(=O)NC(C1CC1)C1CC1)C2. The average molecular weight is 290 g/mol. The third kappa shape index (κ3) is 2.10. The van der Waals surface area contributed by atoms with E-state index >= 15 is 0 Å². The molecule has 118 valence electrons. The van der Waals surface area contributed by atoms with E-state index in [1.54, 1.807) is 0 Å². The zero-order chi connectivity index (χ0) is 14.8. The van der Waals surface area contributed by atoms with E-state index in [1.807, 2.05) is 0 Å². The second kappa shape index (κ2) is 4.39. The van der Waals surface area contributed by atoms with Crippen LogP contribution in [0.4, 0.5) is 4.79 Å². The minimum Gasteiger partial charge on any atom is -0.335 e. The summed E-state index contributed by atoms with van der Waals surface area (Å²) in [6, 6.07) is 0.933. The first-order valence-corrected chi connectivity index (χ1v) is 8.99. The molecule has 2 amide bonds. The van der Waals surface area contributed by atoms with E-state index in [9.17, 15) is 4.79 Å². The van der Waals surface area contributed by atoms with Crippen LogP contribution in [0.25, 0.3) is 0 Å². The van der Waals surface area contributed by atoms with Gasteiger partial charge in [0.15, 0.2) is 0 Å². The molecule has 4 fully saturated rings. The summed E-state index contributed by atoms with van der Waals surface area (Å²) in [5.41, 5.74) is 0.654. The fraction of sp³-hybridized carbons (Fsp3) is 0.944. The van der Waals surface area contributed by atoms with Gasteiger partial charge in [-0.2, -0.15) is 0 Å². The van der Waals surface area contributed by atoms with Crippen molar-refractivity contribution < 1.29 is 4.79 Å². The Hall–Kier alpha value is -0.730. The van der Waals surface area contributed by atoms with Gasteiger partial charge < -0.3 is 10.6 Å². The Labute approximate surface area is 128 Å². The molecule has 0 heterocycles. The molecule has 0 radical (unpaired) electrons. The van der Waals surface area contributed by atoms with Crippen molar-refractivity contribution in [2.24, 2.45) is 28.6 Å². The molecule has 0 aromatic rings. The summed E-state index contributed by atoms with van der Waals surface area (Å²) in [5, 5.41) is 6.67. The predicted molar refractivity (Wildman–Crippen MR) is 83.9 cm³/mol. The predicted octanol–water partition coefficient (Wildman–Crippen LogP) is 3.69. The molecule has 0 aliphatic heterocycles. The van der Waals surface area contributed by atoms with Gasteiger partial charge in [0.05, 0.1) is 0 Å². The summed E-state index contributed by atoms with van der Waals surface area (Å²) in [5.74, 6) is 2.33. The summed E-state index contributed by atoms with van der Waals surface area (Å²) >= 11 is 0. The lowest BCUT2D eigenvalue weighted by atomic mass is 9.69. The Morgan fingerprint density at radius 1 is 1.05 bits per heavy atom. The number of carbonyl (C=O) groups excluding carboxylic acids is 1. The highest BCUT2D eigenvalue weighted by atomic mass is 16.2. The summed E-state index contributed by atoms with van der Waals surface area (Å²) in [6.07, 6.45) is 9.06. The lowest BCUT2D eigenvalue weighted by Crippen LogP contribution is -2.52. The minimum atomic E-state index is 0.105. The Morgan fingerprint density at radius 3 is 2.10 bits per heavy atom. The van der Waals surface area contributed by atoms with Crippen molar-refractivity contribution in [2.75, 3.05) is 0 Å². The quantitative estimate of drug-likeness (QED) is 0.814. The van der Waals surface area contributed by atoms with Crippen molar-refractivity contribution in [3.05, 3.63) is 0 Å². The summed E-state index contributed by atoms with van der Waals surface area (Å²) in [7, 11) is 0. The minimum absolute atomic E-state index is 0.105. The van der Waals surface area contributed by atoms with Crippen LogP contribution in [0.5, 0.6) is 0 Å². The van der Waals surface area contributed by atoms with E-state index in [-0.39, 0.29) is 11.4 Å². The highest BCUT2D eigenvalue weighted by molar-refractivity contribution is 5.75. The third-order valence-electron chi connectivity index (χ3n) is 7.66. The standard InChI is InChI=1S/C18H30N2O/c1-17(2)13-8-9-18(17,3)14(10-13)19-16(21)20-15(11-4-5-11)12-6-7-12/h11-15H,4-10H2,1-3H3,(H2,19,20,21). The zero-order valence-electron chi connectivity index (χ0n) is 13.7. The van der Waals surface area contributed by atoms with Gasteiger partial charge >= 0.3 is 6.03 Å². The summed E-state index contributed by atoms with van der Waals surface area (Å²) < 4.78 is 0. The number of carbonyl (C=O) groups is 1. The molecule has 4 rings (SSSR count). The third-order valence-corrected chi connectivity index (χ3v) is 7.66. The largest absolute Gasteiger partial charge is 0.335 e. The Balaban J connectivity index is 1.39. The Bertz CT molecular complexity index is 440. The van der Waals surface area contributed by atoms with Gasteiger partial charge in [-0.05, 0) is 73.5 Å². The van der Waals surface area contributed by atoms with Gasteiger partial charge in [-0.15, -0.1) is 0 Å². The van der Waals surface area contributed by atoms with Crippen LogP contribution < -0.4 is 10.6 Å². The van der Waals surface area contributed by atoms with Gasteiger partial charge in [-0.3, -0.25) is 0 Å². The van der Waals surface area contributed by atoms with Gasteiger partial charge in [0.25, 0.3) is 0 Å². The topological polar surface area (TPSA) is 41.1 Å². The highest BCUT2D eigenvalue weighted by Crippen LogP contribution is 2.65. The van der Waals surface area contributed by atoms with E-state index < -0.39 is 0 Å². The summed E-state index contributed by atoms with van der Waals surface area (Å²) in [4.78, 5) is 12.5. The van der Waals surface area contributed by atoms with Gasteiger partial charge in [-0.25, -0.2) is 4.79 Å². The molecule has 0 spiro atoms. The number of rotatable bonds is 4. The molecule has 2 bridgehead atoms. The molecule has 4 saturated carbocycles. The number of urea groups is 1. The molecule has 3 heteroatoms. The van der Waals surface area contributed by atoms with Crippen LogP contribution in [0.2, 0.25) is 0 Å². The lowest BCUT2D eigenvalue weighted by Gasteiger charge is -2.39. The first kappa shape index (κ1) is 13.9. The van der Waals surface area contributed by atoms with Crippen LogP contribution in [0.1, 0.15) is 65.7 Å². The smallest absolute Gasteiger partial charge is 0.315 e. The molecule has 3 unspecified atom stereocenters. The number of nitrogens with one attached hydrogen (secondary N) is 2. The number of hydrogen-bond acceptors (Lipinski definition) is 1. The fourth-order valence-electron chi connectivity index (χ4n) is 5.30. The molecule has 0 aromatic carbocycles.